The molecule has 7 heteroatoms. The Morgan fingerprint density at radius 1 is 1.00 bits per heavy atom. The van der Waals surface area contributed by atoms with Crippen molar-refractivity contribution in [3.63, 3.8) is 0 Å². The maximum Gasteiger partial charge on any atom is 0.244 e. The van der Waals surface area contributed by atoms with E-state index < -0.39 is 23.1 Å². The molecule has 0 saturated carbocycles. The van der Waals surface area contributed by atoms with Gasteiger partial charge in [0, 0.05) is 39.3 Å². The SMILES string of the molecule is CNN(C(C)=O)C(=O)CCC(=O)N(C)C(=O)C(C)(C)C. The van der Waals surface area contributed by atoms with E-state index in [1.54, 1.807) is 20.8 Å². The first-order valence-electron chi connectivity index (χ1n) is 6.34. The molecule has 4 amide bonds. The summed E-state index contributed by atoms with van der Waals surface area (Å²) in [6.07, 6.45) is -0.260. The zero-order valence-electron chi connectivity index (χ0n) is 12.9. The topological polar surface area (TPSA) is 86.8 Å². The summed E-state index contributed by atoms with van der Waals surface area (Å²) in [5, 5.41) is 0.832. The Morgan fingerprint density at radius 2 is 1.45 bits per heavy atom. The lowest BCUT2D eigenvalue weighted by molar-refractivity contribution is -0.152. The minimum Gasteiger partial charge on any atom is -0.285 e. The number of rotatable bonds is 4. The number of carbonyl (C=O) groups excluding carboxylic acids is 4. The van der Waals surface area contributed by atoms with Crippen LogP contribution < -0.4 is 5.43 Å². The van der Waals surface area contributed by atoms with E-state index in [0.717, 1.165) is 9.91 Å². The Morgan fingerprint density at radius 3 is 1.80 bits per heavy atom. The number of nitrogens with one attached hydrogen (secondary N) is 1. The number of imide groups is 2. The van der Waals surface area contributed by atoms with Gasteiger partial charge in [-0.05, 0) is 0 Å². The number of hydrogen-bond acceptors (Lipinski definition) is 5. The van der Waals surface area contributed by atoms with Crippen LogP contribution in [0.3, 0.4) is 0 Å². The highest BCUT2D eigenvalue weighted by Crippen LogP contribution is 2.17. The summed E-state index contributed by atoms with van der Waals surface area (Å²) < 4.78 is 0. The summed E-state index contributed by atoms with van der Waals surface area (Å²) in [4.78, 5) is 47.6. The zero-order valence-corrected chi connectivity index (χ0v) is 12.9. The molecule has 0 aromatic carbocycles. The van der Waals surface area contributed by atoms with Gasteiger partial charge in [-0.3, -0.25) is 24.1 Å². The van der Waals surface area contributed by atoms with Gasteiger partial charge < -0.3 is 0 Å². The summed E-state index contributed by atoms with van der Waals surface area (Å²) in [5.74, 6) is -1.72. The Hall–Kier alpha value is -1.76. The Kier molecular flexibility index (Phi) is 6.51. The second kappa shape index (κ2) is 7.14. The van der Waals surface area contributed by atoms with Crippen LogP contribution in [0.15, 0.2) is 0 Å². The lowest BCUT2D eigenvalue weighted by Crippen LogP contribution is -2.45. The molecule has 0 radical (unpaired) electrons. The summed E-state index contributed by atoms with van der Waals surface area (Å²) in [7, 11) is 2.83. The summed E-state index contributed by atoms with van der Waals surface area (Å²) in [6, 6.07) is 0. The molecule has 0 spiro atoms. The van der Waals surface area contributed by atoms with E-state index in [9.17, 15) is 19.2 Å². The summed E-state index contributed by atoms with van der Waals surface area (Å²) in [5.41, 5.74) is 1.78. The van der Waals surface area contributed by atoms with Gasteiger partial charge in [-0.2, -0.15) is 0 Å². The van der Waals surface area contributed by atoms with E-state index in [4.69, 9.17) is 0 Å². The maximum absolute atomic E-state index is 11.9. The van der Waals surface area contributed by atoms with Crippen LogP contribution in [0.4, 0.5) is 0 Å². The largest absolute Gasteiger partial charge is 0.285 e. The highest BCUT2D eigenvalue weighted by Gasteiger charge is 2.29. The molecule has 0 atom stereocenters. The molecule has 0 fully saturated rings. The van der Waals surface area contributed by atoms with E-state index in [1.807, 2.05) is 0 Å². The molecule has 0 aliphatic rings. The fourth-order valence-corrected chi connectivity index (χ4v) is 1.57. The molecule has 20 heavy (non-hydrogen) atoms. The van der Waals surface area contributed by atoms with Crippen molar-refractivity contribution < 1.29 is 19.2 Å². The van der Waals surface area contributed by atoms with Gasteiger partial charge in [0.05, 0.1) is 0 Å². The minimum atomic E-state index is -0.662. The average Bonchev–Trinajstić information content (AvgIpc) is 2.33. The van der Waals surface area contributed by atoms with Gasteiger partial charge >= 0.3 is 0 Å². The van der Waals surface area contributed by atoms with E-state index in [2.05, 4.69) is 5.43 Å². The molecular weight excluding hydrogens is 262 g/mol. The van der Waals surface area contributed by atoms with Crippen LogP contribution in [0.5, 0.6) is 0 Å². The third-order valence-corrected chi connectivity index (χ3v) is 2.66. The van der Waals surface area contributed by atoms with Crippen LogP contribution in [0.2, 0.25) is 0 Å². The fourth-order valence-electron chi connectivity index (χ4n) is 1.57. The number of amides is 4. The van der Waals surface area contributed by atoms with E-state index in [-0.39, 0.29) is 18.7 Å². The first-order valence-corrected chi connectivity index (χ1v) is 6.34. The molecule has 0 rings (SSSR count). The normalized spacial score (nSPS) is 10.9. The molecule has 0 aromatic heterocycles. The van der Waals surface area contributed by atoms with Crippen LogP contribution in [-0.4, -0.2) is 47.6 Å². The van der Waals surface area contributed by atoms with E-state index in [1.165, 1.54) is 21.0 Å². The fraction of sp³-hybridized carbons (Fsp3) is 0.692. The summed E-state index contributed by atoms with van der Waals surface area (Å²) in [6.45, 7) is 6.37. The van der Waals surface area contributed by atoms with Crippen molar-refractivity contribution in [3.8, 4) is 0 Å². The lowest BCUT2D eigenvalue weighted by Gasteiger charge is -2.24. The Balaban J connectivity index is 4.54. The zero-order chi connectivity index (χ0) is 16.1. The second-order valence-corrected chi connectivity index (χ2v) is 5.48. The molecule has 0 aliphatic carbocycles. The number of hydrazine groups is 1. The highest BCUT2D eigenvalue weighted by atomic mass is 16.2. The molecule has 0 heterocycles. The van der Waals surface area contributed by atoms with Crippen molar-refractivity contribution in [2.45, 2.75) is 40.5 Å². The standard InChI is InChI=1S/C13H23N3O4/c1-9(17)16(14-5)11(19)8-7-10(18)15(6)12(20)13(2,3)4/h14H,7-8H2,1-6H3. The van der Waals surface area contributed by atoms with Gasteiger partial charge in [0.2, 0.25) is 23.6 Å². The molecule has 0 saturated heterocycles. The maximum atomic E-state index is 11.9. The van der Waals surface area contributed by atoms with Gasteiger partial charge in [0.1, 0.15) is 0 Å². The van der Waals surface area contributed by atoms with Crippen LogP contribution >= 0.6 is 0 Å². The molecule has 0 aliphatic heterocycles. The monoisotopic (exact) mass is 285 g/mol. The predicted molar refractivity (Wildman–Crippen MR) is 73.1 cm³/mol. The highest BCUT2D eigenvalue weighted by molar-refractivity contribution is 5.99. The van der Waals surface area contributed by atoms with Crippen LogP contribution in [0.25, 0.3) is 0 Å². The van der Waals surface area contributed by atoms with Crippen LogP contribution in [0.1, 0.15) is 40.5 Å². The number of hydrogen-bond donors (Lipinski definition) is 1. The van der Waals surface area contributed by atoms with Gasteiger partial charge in [-0.1, -0.05) is 20.8 Å². The molecule has 0 aromatic rings. The molecule has 0 bridgehead atoms. The van der Waals surface area contributed by atoms with Crippen molar-refractivity contribution in [1.29, 1.82) is 0 Å². The summed E-state index contributed by atoms with van der Waals surface area (Å²) >= 11 is 0. The van der Waals surface area contributed by atoms with Crippen molar-refractivity contribution >= 4 is 23.6 Å². The van der Waals surface area contributed by atoms with E-state index >= 15 is 0 Å². The Bertz CT molecular complexity index is 412. The minimum absolute atomic E-state index is 0.122. The number of carbonyl (C=O) groups is 4. The lowest BCUT2D eigenvalue weighted by atomic mass is 9.95. The van der Waals surface area contributed by atoms with Crippen molar-refractivity contribution in [2.75, 3.05) is 14.1 Å². The van der Waals surface area contributed by atoms with Crippen molar-refractivity contribution in [2.24, 2.45) is 5.41 Å². The third-order valence-electron chi connectivity index (χ3n) is 2.66. The first kappa shape index (κ1) is 18.2. The van der Waals surface area contributed by atoms with Crippen molar-refractivity contribution in [3.05, 3.63) is 0 Å². The number of nitrogens with zero attached hydrogens (tertiary/aromatic N) is 2. The third kappa shape index (κ3) is 5.08. The van der Waals surface area contributed by atoms with Crippen molar-refractivity contribution in [1.82, 2.24) is 15.3 Å². The second-order valence-electron chi connectivity index (χ2n) is 5.48. The van der Waals surface area contributed by atoms with Crippen LogP contribution in [0, 0.1) is 5.41 Å². The van der Waals surface area contributed by atoms with Gasteiger partial charge in [0.25, 0.3) is 0 Å². The Labute approximate surface area is 119 Å². The van der Waals surface area contributed by atoms with Gasteiger partial charge in [-0.15, -0.1) is 0 Å². The van der Waals surface area contributed by atoms with Gasteiger partial charge in [0.15, 0.2) is 0 Å². The molecule has 1 N–H and O–H groups in total. The quantitative estimate of drug-likeness (QED) is 0.751. The smallest absolute Gasteiger partial charge is 0.244 e. The van der Waals surface area contributed by atoms with Gasteiger partial charge in [-0.25, -0.2) is 10.4 Å². The predicted octanol–water partition coefficient (Wildman–Crippen LogP) is 0.307. The molecule has 7 nitrogen and oxygen atoms in total. The molecule has 0 unspecified atom stereocenters. The molecular formula is C13H23N3O4. The molecule has 114 valence electrons. The first-order chi connectivity index (χ1) is 9.02. The van der Waals surface area contributed by atoms with Crippen LogP contribution in [-0.2, 0) is 19.2 Å². The van der Waals surface area contributed by atoms with E-state index in [0.29, 0.717) is 0 Å². The average molecular weight is 285 g/mol.